The maximum Gasteiger partial charge on any atom is 0.416 e. The van der Waals surface area contributed by atoms with Gasteiger partial charge in [-0.2, -0.15) is 21.6 Å². The molecule has 2 aromatic carbocycles. The average Bonchev–Trinajstić information content (AvgIpc) is 3.24. The van der Waals surface area contributed by atoms with E-state index >= 15 is 0 Å². The summed E-state index contributed by atoms with van der Waals surface area (Å²) in [5, 5.41) is 8.62. The molecule has 0 radical (unpaired) electrons. The van der Waals surface area contributed by atoms with E-state index in [0.29, 0.717) is 17.2 Å². The molecule has 0 bridgehead atoms. The standard InChI is InChI=1S/C22H20F3NO6S/c1-13(2)17-9-10-31-21(17)33(29,30)26-18-8-7-16(22(23,24)25)11-19(18)32-12-14-3-5-15(6-4-14)20(27)28/h3-11,13,26H,12H2,1-2H3,(H,27,28). The van der Waals surface area contributed by atoms with Crippen LogP contribution in [0.15, 0.2) is 64.3 Å². The third-order valence-electron chi connectivity index (χ3n) is 4.67. The maximum absolute atomic E-state index is 13.2. The largest absolute Gasteiger partial charge is 0.487 e. The molecule has 33 heavy (non-hydrogen) atoms. The van der Waals surface area contributed by atoms with Crippen LogP contribution >= 0.6 is 0 Å². The van der Waals surface area contributed by atoms with Crippen LogP contribution in [0.5, 0.6) is 5.75 Å². The summed E-state index contributed by atoms with van der Waals surface area (Å²) in [6.45, 7) is 3.31. The lowest BCUT2D eigenvalue weighted by molar-refractivity contribution is -0.137. The summed E-state index contributed by atoms with van der Waals surface area (Å²) >= 11 is 0. The van der Waals surface area contributed by atoms with E-state index in [1.807, 2.05) is 0 Å². The number of hydrogen-bond donors (Lipinski definition) is 2. The molecule has 176 valence electrons. The van der Waals surface area contributed by atoms with Gasteiger partial charge in [0, 0.05) is 5.56 Å². The first-order valence-corrected chi connectivity index (χ1v) is 11.1. The van der Waals surface area contributed by atoms with Gasteiger partial charge >= 0.3 is 12.1 Å². The lowest BCUT2D eigenvalue weighted by atomic mass is 10.1. The monoisotopic (exact) mass is 483 g/mol. The molecule has 7 nitrogen and oxygen atoms in total. The molecule has 0 fully saturated rings. The first-order chi connectivity index (χ1) is 15.4. The molecule has 1 heterocycles. The molecule has 1 aromatic heterocycles. The second-order valence-electron chi connectivity index (χ2n) is 7.42. The van der Waals surface area contributed by atoms with Crippen LogP contribution in [0.4, 0.5) is 18.9 Å². The number of benzene rings is 2. The zero-order valence-corrected chi connectivity index (χ0v) is 18.3. The number of carboxylic acid groups (broad SMARTS) is 1. The van der Waals surface area contributed by atoms with Gasteiger partial charge in [0.25, 0.3) is 10.0 Å². The number of ether oxygens (including phenoxy) is 1. The number of alkyl halides is 3. The van der Waals surface area contributed by atoms with E-state index in [2.05, 4.69) is 4.72 Å². The normalized spacial score (nSPS) is 12.1. The number of nitrogens with one attached hydrogen (secondary N) is 1. The number of hydrogen-bond acceptors (Lipinski definition) is 5. The molecular formula is C22H20F3NO6S. The van der Waals surface area contributed by atoms with Crippen molar-refractivity contribution in [2.75, 3.05) is 4.72 Å². The van der Waals surface area contributed by atoms with Gasteiger partial charge in [-0.3, -0.25) is 4.72 Å². The number of carbonyl (C=O) groups is 1. The Bertz CT molecular complexity index is 1250. The maximum atomic E-state index is 13.2. The number of anilines is 1. The Morgan fingerprint density at radius 3 is 2.36 bits per heavy atom. The molecule has 0 aliphatic heterocycles. The van der Waals surface area contributed by atoms with Gasteiger partial charge in [0.05, 0.1) is 23.1 Å². The summed E-state index contributed by atoms with van der Waals surface area (Å²) in [4.78, 5) is 11.0. The molecule has 0 atom stereocenters. The lowest BCUT2D eigenvalue weighted by Crippen LogP contribution is -2.16. The number of halogens is 3. The van der Waals surface area contributed by atoms with E-state index in [1.165, 1.54) is 36.6 Å². The van der Waals surface area contributed by atoms with E-state index in [9.17, 15) is 26.4 Å². The Morgan fingerprint density at radius 1 is 1.12 bits per heavy atom. The minimum atomic E-state index is -4.68. The second kappa shape index (κ2) is 9.18. The van der Waals surface area contributed by atoms with E-state index in [1.54, 1.807) is 13.8 Å². The Labute approximate surface area is 187 Å². The van der Waals surface area contributed by atoms with Gasteiger partial charge in [0.1, 0.15) is 12.4 Å². The van der Waals surface area contributed by atoms with Crippen molar-refractivity contribution in [2.45, 2.75) is 37.6 Å². The van der Waals surface area contributed by atoms with Crippen molar-refractivity contribution in [2.24, 2.45) is 0 Å². The molecule has 0 aliphatic rings. The number of sulfonamides is 1. The van der Waals surface area contributed by atoms with Gasteiger partial charge in [-0.25, -0.2) is 4.79 Å². The Balaban J connectivity index is 1.92. The third kappa shape index (κ3) is 5.67. The first kappa shape index (κ1) is 24.2. The van der Waals surface area contributed by atoms with Crippen molar-refractivity contribution in [3.8, 4) is 5.75 Å². The molecule has 2 N–H and O–H groups in total. The Hall–Kier alpha value is -3.47. The van der Waals surface area contributed by atoms with Gasteiger partial charge in [0.15, 0.2) is 0 Å². The summed E-state index contributed by atoms with van der Waals surface area (Å²) in [5.41, 5.74) is -0.320. The fourth-order valence-corrected chi connectivity index (χ4v) is 4.30. The van der Waals surface area contributed by atoms with Crippen LogP contribution in [0.25, 0.3) is 0 Å². The zero-order valence-electron chi connectivity index (χ0n) is 17.5. The van der Waals surface area contributed by atoms with Gasteiger partial charge in [-0.1, -0.05) is 26.0 Å². The van der Waals surface area contributed by atoms with Crippen molar-refractivity contribution >= 4 is 21.7 Å². The number of furan rings is 1. The van der Waals surface area contributed by atoms with Crippen LogP contribution in [0.2, 0.25) is 0 Å². The Kier molecular flexibility index (Phi) is 6.73. The minimum Gasteiger partial charge on any atom is -0.487 e. The van der Waals surface area contributed by atoms with E-state index < -0.39 is 27.7 Å². The van der Waals surface area contributed by atoms with Crippen molar-refractivity contribution in [1.82, 2.24) is 0 Å². The molecule has 0 spiro atoms. The molecule has 0 aliphatic carbocycles. The smallest absolute Gasteiger partial charge is 0.416 e. The zero-order chi connectivity index (χ0) is 24.4. The van der Waals surface area contributed by atoms with Gasteiger partial charge < -0.3 is 14.3 Å². The van der Waals surface area contributed by atoms with Crippen LogP contribution in [0.3, 0.4) is 0 Å². The van der Waals surface area contributed by atoms with E-state index in [4.69, 9.17) is 14.3 Å². The highest BCUT2D eigenvalue weighted by Crippen LogP contribution is 2.37. The summed E-state index contributed by atoms with van der Waals surface area (Å²) in [6.07, 6.45) is -3.46. The average molecular weight is 483 g/mol. The SMILES string of the molecule is CC(C)c1ccoc1S(=O)(=O)Nc1ccc(C(F)(F)F)cc1OCc1ccc(C(=O)O)cc1. The van der Waals surface area contributed by atoms with Gasteiger partial charge in [-0.05, 0) is 47.9 Å². The highest BCUT2D eigenvalue weighted by Gasteiger charge is 2.32. The summed E-state index contributed by atoms with van der Waals surface area (Å²) < 4.78 is 78.2. The topological polar surface area (TPSA) is 106 Å². The van der Waals surface area contributed by atoms with Crippen LogP contribution in [-0.4, -0.2) is 19.5 Å². The molecule has 0 amide bonds. The fourth-order valence-electron chi connectivity index (χ4n) is 2.95. The van der Waals surface area contributed by atoms with Crippen LogP contribution in [0, 0.1) is 0 Å². The highest BCUT2D eigenvalue weighted by molar-refractivity contribution is 7.92. The van der Waals surface area contributed by atoms with Crippen molar-refractivity contribution in [1.29, 1.82) is 0 Å². The van der Waals surface area contributed by atoms with E-state index in [0.717, 1.165) is 12.1 Å². The quantitative estimate of drug-likeness (QED) is 0.438. The Morgan fingerprint density at radius 2 is 1.79 bits per heavy atom. The fraction of sp³-hybridized carbons (Fsp3) is 0.227. The predicted octanol–water partition coefficient (Wildman–Crippen LogP) is 5.50. The highest BCUT2D eigenvalue weighted by atomic mass is 32.2. The molecule has 0 saturated carbocycles. The molecule has 3 rings (SSSR count). The summed E-state index contributed by atoms with van der Waals surface area (Å²) in [5.74, 6) is -1.66. The van der Waals surface area contributed by atoms with Crippen LogP contribution in [-0.2, 0) is 22.8 Å². The molecule has 0 saturated heterocycles. The number of rotatable bonds is 8. The van der Waals surface area contributed by atoms with Crippen LogP contribution in [0.1, 0.15) is 46.8 Å². The second-order valence-corrected chi connectivity index (χ2v) is 9.00. The predicted molar refractivity (Wildman–Crippen MR) is 113 cm³/mol. The third-order valence-corrected chi connectivity index (χ3v) is 5.98. The van der Waals surface area contributed by atoms with Gasteiger partial charge in [0.2, 0.25) is 5.09 Å². The number of aromatic carboxylic acids is 1. The number of carboxylic acids is 1. The minimum absolute atomic E-state index is 0.0330. The summed E-state index contributed by atoms with van der Waals surface area (Å²) in [7, 11) is -4.26. The lowest BCUT2D eigenvalue weighted by Gasteiger charge is -2.16. The molecule has 3 aromatic rings. The molecular weight excluding hydrogens is 463 g/mol. The van der Waals surface area contributed by atoms with Crippen LogP contribution < -0.4 is 9.46 Å². The molecule has 11 heteroatoms. The molecule has 0 unspecified atom stereocenters. The van der Waals surface area contributed by atoms with Crippen molar-refractivity contribution < 1.29 is 40.6 Å². The van der Waals surface area contributed by atoms with E-state index in [-0.39, 0.29) is 34.6 Å². The first-order valence-electron chi connectivity index (χ1n) is 9.65. The van der Waals surface area contributed by atoms with Crippen molar-refractivity contribution in [3.63, 3.8) is 0 Å². The van der Waals surface area contributed by atoms with Gasteiger partial charge in [-0.15, -0.1) is 0 Å². The summed E-state index contributed by atoms with van der Waals surface area (Å²) in [6, 6.07) is 9.41. The van der Waals surface area contributed by atoms with Crippen molar-refractivity contribution in [3.05, 3.63) is 77.0 Å².